The molecule has 0 N–H and O–H groups in total. The molecule has 166 valence electrons. The minimum Gasteiger partial charge on any atom is -0.334 e. The third-order valence-electron chi connectivity index (χ3n) is 5.84. The average Bonchev–Trinajstić information content (AvgIpc) is 2.79. The van der Waals surface area contributed by atoms with E-state index in [9.17, 15) is 13.6 Å². The number of nitrogens with zero attached hydrogens (tertiary/aromatic N) is 5. The fourth-order valence-electron chi connectivity index (χ4n) is 4.16. The SMILES string of the molecule is Cc1ccc(-c2ncccn2)c(C(=O)N2C[C@@H](C)CC[C@H]2CCc2ncc(F)cc2F)n1. The number of aryl methyl sites for hydroxylation is 2. The molecule has 4 heterocycles. The Hall–Kier alpha value is -3.29. The maximum absolute atomic E-state index is 14.1. The van der Waals surface area contributed by atoms with Crippen LogP contribution < -0.4 is 0 Å². The van der Waals surface area contributed by atoms with Crippen molar-refractivity contribution in [2.24, 2.45) is 5.92 Å². The number of piperidine rings is 1. The maximum atomic E-state index is 14.1. The predicted octanol–water partition coefficient (Wildman–Crippen LogP) is 4.39. The van der Waals surface area contributed by atoms with Crippen molar-refractivity contribution < 1.29 is 13.6 Å². The number of carbonyl (C=O) groups is 1. The van der Waals surface area contributed by atoms with E-state index in [1.54, 1.807) is 18.5 Å². The van der Waals surface area contributed by atoms with E-state index in [0.717, 1.165) is 30.8 Å². The van der Waals surface area contributed by atoms with Gasteiger partial charge in [-0.2, -0.15) is 0 Å². The van der Waals surface area contributed by atoms with Gasteiger partial charge >= 0.3 is 0 Å². The van der Waals surface area contributed by atoms with Gasteiger partial charge in [0.05, 0.1) is 17.5 Å². The topological polar surface area (TPSA) is 71.9 Å². The molecule has 0 radical (unpaired) electrons. The Kier molecular flexibility index (Phi) is 6.48. The number of hydrogen-bond donors (Lipinski definition) is 0. The zero-order valence-corrected chi connectivity index (χ0v) is 18.1. The zero-order valence-electron chi connectivity index (χ0n) is 18.1. The smallest absolute Gasteiger partial charge is 0.273 e. The highest BCUT2D eigenvalue weighted by molar-refractivity contribution is 5.98. The minimum atomic E-state index is -0.698. The highest BCUT2D eigenvalue weighted by Gasteiger charge is 2.33. The number of halogens is 2. The van der Waals surface area contributed by atoms with Gasteiger partial charge in [-0.3, -0.25) is 9.78 Å². The molecule has 0 spiro atoms. The number of carbonyl (C=O) groups excluding carboxylic acids is 1. The van der Waals surface area contributed by atoms with Crippen LogP contribution in [0.3, 0.4) is 0 Å². The normalized spacial score (nSPS) is 18.6. The van der Waals surface area contributed by atoms with Gasteiger partial charge in [0, 0.05) is 36.7 Å². The monoisotopic (exact) mass is 437 g/mol. The van der Waals surface area contributed by atoms with E-state index < -0.39 is 11.6 Å². The lowest BCUT2D eigenvalue weighted by Gasteiger charge is -2.39. The second kappa shape index (κ2) is 9.46. The van der Waals surface area contributed by atoms with E-state index in [2.05, 4.69) is 26.9 Å². The number of pyridine rings is 2. The summed E-state index contributed by atoms with van der Waals surface area (Å²) in [6, 6.07) is 6.14. The van der Waals surface area contributed by atoms with Gasteiger partial charge in [-0.25, -0.2) is 23.7 Å². The highest BCUT2D eigenvalue weighted by Crippen LogP contribution is 2.29. The van der Waals surface area contributed by atoms with E-state index >= 15 is 0 Å². The standard InChI is InChI=1S/C24H25F2N5O/c1-15-4-6-18(7-9-21-20(26)12-17(25)13-29-21)31(14-15)24(32)22-19(8-5-16(2)30-22)23-27-10-3-11-28-23/h3,5,8,10-13,15,18H,4,6-7,9,14H2,1-2H3/t15-,18-/m0/s1. The first-order valence-electron chi connectivity index (χ1n) is 10.8. The zero-order chi connectivity index (χ0) is 22.7. The first-order chi connectivity index (χ1) is 15.4. The summed E-state index contributed by atoms with van der Waals surface area (Å²) in [4.78, 5) is 32.5. The largest absolute Gasteiger partial charge is 0.334 e. The van der Waals surface area contributed by atoms with E-state index in [4.69, 9.17) is 0 Å². The van der Waals surface area contributed by atoms with Crippen LogP contribution in [0.5, 0.6) is 0 Å². The second-order valence-electron chi connectivity index (χ2n) is 8.34. The van der Waals surface area contributed by atoms with Gasteiger partial charge in [0.15, 0.2) is 5.82 Å². The Morgan fingerprint density at radius 1 is 1.16 bits per heavy atom. The number of aromatic nitrogens is 4. The lowest BCUT2D eigenvalue weighted by molar-refractivity contribution is 0.0527. The van der Waals surface area contributed by atoms with Gasteiger partial charge in [0.25, 0.3) is 5.91 Å². The number of likely N-dealkylation sites (tertiary alicyclic amines) is 1. The van der Waals surface area contributed by atoms with Crippen LogP contribution in [0.2, 0.25) is 0 Å². The molecule has 4 rings (SSSR count). The lowest BCUT2D eigenvalue weighted by Crippen LogP contribution is -2.47. The quantitative estimate of drug-likeness (QED) is 0.592. The molecule has 0 saturated carbocycles. The van der Waals surface area contributed by atoms with Crippen molar-refractivity contribution in [1.29, 1.82) is 0 Å². The minimum absolute atomic E-state index is 0.0863. The fraction of sp³-hybridized carbons (Fsp3) is 0.375. The van der Waals surface area contributed by atoms with Crippen LogP contribution in [0.15, 0.2) is 42.9 Å². The van der Waals surface area contributed by atoms with Crippen molar-refractivity contribution in [3.05, 3.63) is 71.6 Å². The molecule has 0 bridgehead atoms. The van der Waals surface area contributed by atoms with Crippen LogP contribution in [0.4, 0.5) is 8.78 Å². The Bertz CT molecular complexity index is 1110. The summed E-state index contributed by atoms with van der Waals surface area (Å²) in [6.45, 7) is 4.54. The van der Waals surface area contributed by atoms with Crippen molar-refractivity contribution in [1.82, 2.24) is 24.8 Å². The summed E-state index contributed by atoms with van der Waals surface area (Å²) in [7, 11) is 0. The van der Waals surface area contributed by atoms with Crippen LogP contribution in [0.25, 0.3) is 11.4 Å². The Morgan fingerprint density at radius 2 is 1.94 bits per heavy atom. The van der Waals surface area contributed by atoms with Crippen LogP contribution in [0.1, 0.15) is 48.1 Å². The molecule has 2 atom stereocenters. The molecule has 0 aromatic carbocycles. The number of rotatable bonds is 5. The molecule has 6 nitrogen and oxygen atoms in total. The summed E-state index contributed by atoms with van der Waals surface area (Å²) in [5, 5.41) is 0. The molecule has 1 saturated heterocycles. The summed E-state index contributed by atoms with van der Waals surface area (Å²) in [5.41, 5.74) is 1.85. The van der Waals surface area contributed by atoms with Crippen molar-refractivity contribution in [3.63, 3.8) is 0 Å². The third kappa shape index (κ3) is 4.79. The first-order valence-corrected chi connectivity index (χ1v) is 10.8. The van der Waals surface area contributed by atoms with Gasteiger partial charge < -0.3 is 4.90 Å². The molecule has 8 heteroatoms. The molecule has 0 aliphatic carbocycles. The molecular weight excluding hydrogens is 412 g/mol. The van der Waals surface area contributed by atoms with Gasteiger partial charge in [-0.1, -0.05) is 6.92 Å². The molecule has 3 aromatic heterocycles. The average molecular weight is 437 g/mol. The first kappa shape index (κ1) is 21.9. The molecule has 3 aromatic rings. The molecule has 1 amide bonds. The second-order valence-corrected chi connectivity index (χ2v) is 8.34. The predicted molar refractivity (Wildman–Crippen MR) is 116 cm³/mol. The maximum Gasteiger partial charge on any atom is 0.273 e. The Morgan fingerprint density at radius 3 is 2.69 bits per heavy atom. The molecule has 0 unspecified atom stereocenters. The van der Waals surface area contributed by atoms with Crippen LogP contribution in [-0.4, -0.2) is 43.3 Å². The van der Waals surface area contributed by atoms with Crippen molar-refractivity contribution in [2.45, 2.75) is 45.6 Å². The van der Waals surface area contributed by atoms with Gasteiger partial charge in [-0.15, -0.1) is 0 Å². The van der Waals surface area contributed by atoms with Crippen molar-refractivity contribution in [3.8, 4) is 11.4 Å². The number of amides is 1. The van der Waals surface area contributed by atoms with Gasteiger partial charge in [0.1, 0.15) is 17.3 Å². The molecule has 32 heavy (non-hydrogen) atoms. The molecule has 1 aliphatic heterocycles. The van der Waals surface area contributed by atoms with Gasteiger partial charge in [0.2, 0.25) is 0 Å². The van der Waals surface area contributed by atoms with E-state index in [-0.39, 0.29) is 17.6 Å². The Labute approximate surface area is 185 Å². The third-order valence-corrected chi connectivity index (χ3v) is 5.84. The summed E-state index contributed by atoms with van der Waals surface area (Å²) >= 11 is 0. The molecular formula is C24H25F2N5O. The summed E-state index contributed by atoms with van der Waals surface area (Å²) in [6.07, 6.45) is 6.93. The fourth-order valence-corrected chi connectivity index (χ4v) is 4.16. The van der Waals surface area contributed by atoms with Crippen LogP contribution >= 0.6 is 0 Å². The summed E-state index contributed by atoms with van der Waals surface area (Å²) < 4.78 is 27.2. The Balaban J connectivity index is 1.61. The van der Waals surface area contributed by atoms with Crippen molar-refractivity contribution >= 4 is 5.91 Å². The van der Waals surface area contributed by atoms with E-state index in [1.807, 2.05) is 24.0 Å². The summed E-state index contributed by atoms with van der Waals surface area (Å²) in [5.74, 6) is -0.744. The number of hydrogen-bond acceptors (Lipinski definition) is 5. The molecule has 1 aliphatic rings. The van der Waals surface area contributed by atoms with E-state index in [0.29, 0.717) is 42.4 Å². The van der Waals surface area contributed by atoms with E-state index in [1.165, 1.54) is 0 Å². The van der Waals surface area contributed by atoms with Crippen LogP contribution in [-0.2, 0) is 6.42 Å². The lowest BCUT2D eigenvalue weighted by atomic mass is 9.90. The van der Waals surface area contributed by atoms with Crippen LogP contribution in [0, 0.1) is 24.5 Å². The van der Waals surface area contributed by atoms with Gasteiger partial charge in [-0.05, 0) is 56.7 Å². The van der Waals surface area contributed by atoms with Crippen molar-refractivity contribution in [2.75, 3.05) is 6.54 Å². The molecule has 1 fully saturated rings. The highest BCUT2D eigenvalue weighted by atomic mass is 19.1.